The number of aryl methyl sites for hydroxylation is 2. The van der Waals surface area contributed by atoms with Crippen molar-refractivity contribution in [3.8, 4) is 5.75 Å². The number of hydrogen-bond donors (Lipinski definition) is 1. The second kappa shape index (κ2) is 4.88. The zero-order valence-corrected chi connectivity index (χ0v) is 11.5. The summed E-state index contributed by atoms with van der Waals surface area (Å²) in [6.45, 7) is 5.56. The summed E-state index contributed by atoms with van der Waals surface area (Å²) < 4.78 is 5.25. The van der Waals surface area contributed by atoms with E-state index in [1.54, 1.807) is 14.0 Å². The molecule has 0 aliphatic heterocycles. The van der Waals surface area contributed by atoms with Crippen molar-refractivity contribution in [2.75, 3.05) is 7.11 Å². The first-order valence-electron chi connectivity index (χ1n) is 6.12. The van der Waals surface area contributed by atoms with Gasteiger partial charge < -0.3 is 9.84 Å². The van der Waals surface area contributed by atoms with Crippen molar-refractivity contribution in [2.24, 2.45) is 0 Å². The molecule has 1 aromatic heterocycles. The number of pyridine rings is 1. The van der Waals surface area contributed by atoms with Crippen LogP contribution in [0.25, 0.3) is 10.9 Å². The molecule has 1 aromatic carbocycles. The predicted octanol–water partition coefficient (Wildman–Crippen LogP) is 3.05. The van der Waals surface area contributed by atoms with Gasteiger partial charge in [0.1, 0.15) is 5.75 Å². The van der Waals surface area contributed by atoms with Crippen molar-refractivity contribution in [3.63, 3.8) is 0 Å². The Morgan fingerprint density at radius 1 is 1.26 bits per heavy atom. The first-order valence-corrected chi connectivity index (χ1v) is 6.12. The number of nitrogens with zero attached hydrogens (tertiary/aromatic N) is 1. The molecule has 1 heterocycles. The van der Waals surface area contributed by atoms with Gasteiger partial charge in [-0.15, -0.1) is 0 Å². The summed E-state index contributed by atoms with van der Waals surface area (Å²) in [4.78, 5) is 15.6. The molecule has 0 saturated carbocycles. The molecule has 0 fully saturated rings. The molecule has 2 rings (SSSR count). The number of fused-ring (bicyclic) bond motifs is 1. The maximum Gasteiger partial charge on any atom is 0.312 e. The van der Waals surface area contributed by atoms with Crippen molar-refractivity contribution in [3.05, 3.63) is 35.0 Å². The lowest BCUT2D eigenvalue weighted by atomic mass is 10.0. The molecule has 0 radical (unpaired) electrons. The number of methoxy groups -OCH3 is 1. The number of aliphatic carboxylic acids is 1. The zero-order valence-electron chi connectivity index (χ0n) is 11.5. The minimum Gasteiger partial charge on any atom is -0.497 e. The van der Waals surface area contributed by atoms with E-state index in [2.05, 4.69) is 4.98 Å². The van der Waals surface area contributed by atoms with Gasteiger partial charge in [0.2, 0.25) is 0 Å². The first kappa shape index (κ1) is 13.3. The van der Waals surface area contributed by atoms with E-state index in [1.165, 1.54) is 0 Å². The molecule has 2 aromatic rings. The summed E-state index contributed by atoms with van der Waals surface area (Å²) in [6, 6.07) is 5.67. The smallest absolute Gasteiger partial charge is 0.312 e. The second-order valence-corrected chi connectivity index (χ2v) is 4.76. The number of aromatic nitrogens is 1. The summed E-state index contributed by atoms with van der Waals surface area (Å²) >= 11 is 0. The van der Waals surface area contributed by atoms with E-state index < -0.39 is 11.9 Å². The Hall–Kier alpha value is -2.10. The number of carbonyl (C=O) groups is 1. The minimum absolute atomic E-state index is 0.589. The molecular formula is C15H17NO3. The molecule has 0 aliphatic rings. The Bertz CT molecular complexity index is 649. The van der Waals surface area contributed by atoms with E-state index in [1.807, 2.05) is 32.0 Å². The highest BCUT2D eigenvalue weighted by Gasteiger charge is 2.17. The topological polar surface area (TPSA) is 59.4 Å². The van der Waals surface area contributed by atoms with Crippen LogP contribution in [0, 0.1) is 13.8 Å². The van der Waals surface area contributed by atoms with Crippen molar-refractivity contribution in [1.82, 2.24) is 4.98 Å². The lowest BCUT2D eigenvalue weighted by Gasteiger charge is -2.12. The molecule has 1 N–H and O–H groups in total. The predicted molar refractivity (Wildman–Crippen MR) is 73.8 cm³/mol. The Kier molecular flexibility index (Phi) is 3.42. The Morgan fingerprint density at radius 3 is 2.53 bits per heavy atom. The average molecular weight is 259 g/mol. The highest BCUT2D eigenvalue weighted by molar-refractivity contribution is 5.87. The number of rotatable bonds is 3. The SMILES string of the molecule is COc1cc(C)c2nc(C(C)C(=O)O)cc(C)c2c1. The number of carboxylic acid groups (broad SMARTS) is 1. The minimum atomic E-state index is -0.864. The van der Waals surface area contributed by atoms with Crippen molar-refractivity contribution >= 4 is 16.9 Å². The standard InChI is InChI=1S/C15H17NO3/c1-8-6-13(10(3)15(17)18)16-14-9(2)5-11(19-4)7-12(8)14/h5-7,10H,1-4H3,(H,17,18). The number of benzene rings is 1. The van der Waals surface area contributed by atoms with E-state index in [0.717, 1.165) is 27.8 Å². The van der Waals surface area contributed by atoms with Crippen LogP contribution in [0.3, 0.4) is 0 Å². The van der Waals surface area contributed by atoms with Gasteiger partial charge in [-0.25, -0.2) is 0 Å². The van der Waals surface area contributed by atoms with Crippen molar-refractivity contribution in [1.29, 1.82) is 0 Å². The average Bonchev–Trinajstić information content (AvgIpc) is 2.38. The van der Waals surface area contributed by atoms with Crippen LogP contribution in [0.5, 0.6) is 5.75 Å². The van der Waals surface area contributed by atoms with Crippen molar-refractivity contribution in [2.45, 2.75) is 26.7 Å². The first-order chi connectivity index (χ1) is 8.93. The molecule has 0 bridgehead atoms. The molecule has 19 heavy (non-hydrogen) atoms. The monoisotopic (exact) mass is 259 g/mol. The van der Waals surface area contributed by atoms with E-state index in [0.29, 0.717) is 5.69 Å². The summed E-state index contributed by atoms with van der Waals surface area (Å²) in [5, 5.41) is 10.1. The Labute approximate surface area is 112 Å². The molecular weight excluding hydrogens is 242 g/mol. The quantitative estimate of drug-likeness (QED) is 0.920. The van der Waals surface area contributed by atoms with Gasteiger partial charge in [0.15, 0.2) is 0 Å². The largest absolute Gasteiger partial charge is 0.497 e. The molecule has 100 valence electrons. The zero-order chi connectivity index (χ0) is 14.2. The molecule has 1 atom stereocenters. The van der Waals surface area contributed by atoms with Crippen LogP contribution in [0.15, 0.2) is 18.2 Å². The third kappa shape index (κ3) is 2.38. The van der Waals surface area contributed by atoms with E-state index >= 15 is 0 Å². The normalized spacial score (nSPS) is 12.4. The maximum absolute atomic E-state index is 11.1. The second-order valence-electron chi connectivity index (χ2n) is 4.76. The fourth-order valence-corrected chi connectivity index (χ4v) is 2.12. The van der Waals surface area contributed by atoms with Gasteiger partial charge in [0.25, 0.3) is 0 Å². The van der Waals surface area contributed by atoms with Gasteiger partial charge in [-0.3, -0.25) is 9.78 Å². The van der Waals surface area contributed by atoms with Crippen LogP contribution in [-0.2, 0) is 4.79 Å². The van der Waals surface area contributed by atoms with Gasteiger partial charge in [0.05, 0.1) is 24.2 Å². The van der Waals surface area contributed by atoms with Crippen LogP contribution >= 0.6 is 0 Å². The molecule has 4 nitrogen and oxygen atoms in total. The third-order valence-electron chi connectivity index (χ3n) is 3.35. The summed E-state index contributed by atoms with van der Waals surface area (Å²) in [5.74, 6) is -0.684. The molecule has 1 unspecified atom stereocenters. The number of carboxylic acids is 1. The molecule has 0 aliphatic carbocycles. The lowest BCUT2D eigenvalue weighted by Crippen LogP contribution is -2.10. The van der Waals surface area contributed by atoms with Gasteiger partial charge in [-0.05, 0) is 50.1 Å². The molecule has 0 saturated heterocycles. The summed E-state index contributed by atoms with van der Waals surface area (Å²) in [7, 11) is 1.63. The van der Waals surface area contributed by atoms with Crippen LogP contribution < -0.4 is 4.74 Å². The third-order valence-corrected chi connectivity index (χ3v) is 3.35. The summed E-state index contributed by atoms with van der Waals surface area (Å²) in [6.07, 6.45) is 0. The Balaban J connectivity index is 2.70. The van der Waals surface area contributed by atoms with Crippen LogP contribution in [0.4, 0.5) is 0 Å². The van der Waals surface area contributed by atoms with E-state index in [-0.39, 0.29) is 0 Å². The summed E-state index contributed by atoms with van der Waals surface area (Å²) in [5.41, 5.74) is 3.42. The number of hydrogen-bond acceptors (Lipinski definition) is 3. The van der Waals surface area contributed by atoms with Gasteiger partial charge in [-0.2, -0.15) is 0 Å². The van der Waals surface area contributed by atoms with Gasteiger partial charge in [-0.1, -0.05) is 0 Å². The highest BCUT2D eigenvalue weighted by atomic mass is 16.5. The van der Waals surface area contributed by atoms with Crippen molar-refractivity contribution < 1.29 is 14.6 Å². The van der Waals surface area contributed by atoms with E-state index in [9.17, 15) is 4.79 Å². The van der Waals surface area contributed by atoms with E-state index in [4.69, 9.17) is 9.84 Å². The van der Waals surface area contributed by atoms with Gasteiger partial charge >= 0.3 is 5.97 Å². The molecule has 0 spiro atoms. The van der Waals surface area contributed by atoms with Crippen LogP contribution in [-0.4, -0.2) is 23.2 Å². The van der Waals surface area contributed by atoms with Crippen LogP contribution in [0.2, 0.25) is 0 Å². The molecule has 4 heteroatoms. The Morgan fingerprint density at radius 2 is 1.95 bits per heavy atom. The van der Waals surface area contributed by atoms with Gasteiger partial charge in [0, 0.05) is 5.39 Å². The number of ether oxygens (including phenoxy) is 1. The maximum atomic E-state index is 11.1. The fraction of sp³-hybridized carbons (Fsp3) is 0.333. The molecule has 0 amide bonds. The van der Waals surface area contributed by atoms with Crippen LogP contribution in [0.1, 0.15) is 29.7 Å². The lowest BCUT2D eigenvalue weighted by molar-refractivity contribution is -0.138. The highest BCUT2D eigenvalue weighted by Crippen LogP contribution is 2.28. The fourth-order valence-electron chi connectivity index (χ4n) is 2.12.